The number of nitrogens with one attached hydrogen (secondary N) is 3. The van der Waals surface area contributed by atoms with Crippen molar-refractivity contribution >= 4 is 44.8 Å². The second-order valence-electron chi connectivity index (χ2n) is 5.34. The van der Waals surface area contributed by atoms with Crippen LogP contribution in [0.1, 0.15) is 17.1 Å². The number of aliphatic imine (C=N–C) groups is 1. The number of halogens is 1. The standard InChI is InChI=1S/C17H22BrN5OS/c1-12-22-15(11-25-12)7-9-20-17(19-2)21-10-8-16(24)23-14-5-3-13(18)4-6-14/h3-6,11H,7-10H2,1-2H3,(H,23,24)(H2,19,20,21). The zero-order valence-electron chi connectivity index (χ0n) is 14.3. The average Bonchev–Trinajstić information content (AvgIpc) is 3.01. The van der Waals surface area contributed by atoms with Crippen molar-refractivity contribution in [2.75, 3.05) is 25.5 Å². The number of amides is 1. The first-order chi connectivity index (χ1) is 12.1. The van der Waals surface area contributed by atoms with Crippen LogP contribution >= 0.6 is 27.3 Å². The smallest absolute Gasteiger partial charge is 0.226 e. The summed E-state index contributed by atoms with van der Waals surface area (Å²) in [4.78, 5) is 20.5. The van der Waals surface area contributed by atoms with Gasteiger partial charge in [-0.05, 0) is 31.2 Å². The first kappa shape index (κ1) is 19.4. The molecule has 0 unspecified atom stereocenters. The van der Waals surface area contributed by atoms with E-state index < -0.39 is 0 Å². The van der Waals surface area contributed by atoms with E-state index in [9.17, 15) is 4.79 Å². The van der Waals surface area contributed by atoms with E-state index >= 15 is 0 Å². The number of rotatable bonds is 7. The molecular weight excluding hydrogens is 402 g/mol. The monoisotopic (exact) mass is 423 g/mol. The number of thiazole rings is 1. The molecule has 25 heavy (non-hydrogen) atoms. The van der Waals surface area contributed by atoms with Crippen molar-refractivity contribution in [3.05, 3.63) is 44.8 Å². The van der Waals surface area contributed by atoms with Gasteiger partial charge in [0, 0.05) is 48.5 Å². The zero-order valence-corrected chi connectivity index (χ0v) is 16.7. The van der Waals surface area contributed by atoms with Gasteiger partial charge in [0.1, 0.15) is 0 Å². The summed E-state index contributed by atoms with van der Waals surface area (Å²) >= 11 is 5.02. The quantitative estimate of drug-likeness (QED) is 0.472. The molecule has 0 saturated carbocycles. The van der Waals surface area contributed by atoms with Crippen LogP contribution in [-0.4, -0.2) is 37.0 Å². The number of aromatic nitrogens is 1. The third-order valence-electron chi connectivity index (χ3n) is 3.34. The van der Waals surface area contributed by atoms with E-state index in [-0.39, 0.29) is 5.91 Å². The van der Waals surface area contributed by atoms with Crippen molar-refractivity contribution in [1.82, 2.24) is 15.6 Å². The molecule has 0 spiro atoms. The molecule has 134 valence electrons. The molecule has 1 heterocycles. The molecule has 0 radical (unpaired) electrons. The Morgan fingerprint density at radius 2 is 1.96 bits per heavy atom. The summed E-state index contributed by atoms with van der Waals surface area (Å²) in [5, 5.41) is 12.4. The molecule has 0 aliphatic heterocycles. The Bertz CT molecular complexity index is 714. The fourth-order valence-electron chi connectivity index (χ4n) is 2.10. The third-order valence-corrected chi connectivity index (χ3v) is 4.69. The SMILES string of the molecule is CN=C(NCCC(=O)Nc1ccc(Br)cc1)NCCc1csc(C)n1. The van der Waals surface area contributed by atoms with Gasteiger partial charge in [0.15, 0.2) is 5.96 Å². The molecule has 6 nitrogen and oxygen atoms in total. The molecule has 1 aromatic carbocycles. The lowest BCUT2D eigenvalue weighted by atomic mass is 10.3. The maximum absolute atomic E-state index is 11.9. The number of hydrogen-bond acceptors (Lipinski definition) is 4. The predicted octanol–water partition coefficient (Wildman–Crippen LogP) is 2.95. The minimum absolute atomic E-state index is 0.0387. The van der Waals surface area contributed by atoms with Gasteiger partial charge in [0.25, 0.3) is 0 Å². The van der Waals surface area contributed by atoms with Crippen LogP contribution in [0.15, 0.2) is 39.1 Å². The van der Waals surface area contributed by atoms with Gasteiger partial charge in [0.2, 0.25) is 5.91 Å². The Morgan fingerprint density at radius 3 is 2.60 bits per heavy atom. The minimum atomic E-state index is -0.0387. The molecule has 1 aromatic heterocycles. The normalized spacial score (nSPS) is 11.2. The Labute approximate surface area is 160 Å². The number of guanidine groups is 1. The Kier molecular flexibility index (Phi) is 7.87. The van der Waals surface area contributed by atoms with E-state index in [1.54, 1.807) is 18.4 Å². The molecule has 0 fully saturated rings. The number of carbonyl (C=O) groups is 1. The second-order valence-corrected chi connectivity index (χ2v) is 7.32. The van der Waals surface area contributed by atoms with Crippen LogP contribution in [0.5, 0.6) is 0 Å². The fraction of sp³-hybridized carbons (Fsp3) is 0.353. The Balaban J connectivity index is 1.64. The van der Waals surface area contributed by atoms with Gasteiger partial charge in [-0.2, -0.15) is 0 Å². The fourth-order valence-corrected chi connectivity index (χ4v) is 3.02. The summed E-state index contributed by atoms with van der Waals surface area (Å²) in [7, 11) is 1.71. The summed E-state index contributed by atoms with van der Waals surface area (Å²) in [6, 6.07) is 7.50. The van der Waals surface area contributed by atoms with Crippen LogP contribution in [-0.2, 0) is 11.2 Å². The van der Waals surface area contributed by atoms with E-state index in [0.717, 1.165) is 33.8 Å². The highest BCUT2D eigenvalue weighted by molar-refractivity contribution is 9.10. The number of anilines is 1. The summed E-state index contributed by atoms with van der Waals surface area (Å²) in [6.07, 6.45) is 1.21. The van der Waals surface area contributed by atoms with E-state index in [4.69, 9.17) is 0 Å². The van der Waals surface area contributed by atoms with Crippen molar-refractivity contribution in [3.63, 3.8) is 0 Å². The minimum Gasteiger partial charge on any atom is -0.356 e. The lowest BCUT2D eigenvalue weighted by Crippen LogP contribution is -2.39. The number of aryl methyl sites for hydroxylation is 1. The highest BCUT2D eigenvalue weighted by Gasteiger charge is 2.04. The Morgan fingerprint density at radius 1 is 1.24 bits per heavy atom. The summed E-state index contributed by atoms with van der Waals surface area (Å²) in [5.74, 6) is 0.645. The number of nitrogens with zero attached hydrogens (tertiary/aromatic N) is 2. The molecule has 0 aliphatic rings. The average molecular weight is 424 g/mol. The topological polar surface area (TPSA) is 78.4 Å². The van der Waals surface area contributed by atoms with Gasteiger partial charge in [-0.1, -0.05) is 15.9 Å². The van der Waals surface area contributed by atoms with Crippen molar-refractivity contribution in [2.45, 2.75) is 19.8 Å². The molecule has 1 amide bonds. The zero-order chi connectivity index (χ0) is 18.1. The third kappa shape index (κ3) is 7.23. The van der Waals surface area contributed by atoms with Crippen molar-refractivity contribution in [3.8, 4) is 0 Å². The van der Waals surface area contributed by atoms with Gasteiger partial charge in [-0.3, -0.25) is 9.79 Å². The van der Waals surface area contributed by atoms with Gasteiger partial charge in [-0.25, -0.2) is 4.98 Å². The first-order valence-corrected chi connectivity index (χ1v) is 9.65. The van der Waals surface area contributed by atoms with Crippen LogP contribution in [0.25, 0.3) is 0 Å². The lowest BCUT2D eigenvalue weighted by molar-refractivity contribution is -0.116. The molecular formula is C17H22BrN5OS. The summed E-state index contributed by atoms with van der Waals surface area (Å²) in [6.45, 7) is 3.26. The van der Waals surface area contributed by atoms with Gasteiger partial charge < -0.3 is 16.0 Å². The van der Waals surface area contributed by atoms with Gasteiger partial charge >= 0.3 is 0 Å². The molecule has 8 heteroatoms. The van der Waals surface area contributed by atoms with Crippen molar-refractivity contribution in [2.24, 2.45) is 4.99 Å². The predicted molar refractivity (Wildman–Crippen MR) is 107 cm³/mol. The Hall–Kier alpha value is -1.93. The van der Waals surface area contributed by atoms with Crippen molar-refractivity contribution < 1.29 is 4.79 Å². The van der Waals surface area contributed by atoms with Crippen LogP contribution < -0.4 is 16.0 Å². The number of benzene rings is 1. The number of carbonyl (C=O) groups excluding carboxylic acids is 1. The van der Waals surface area contributed by atoms with E-state index in [2.05, 4.69) is 47.2 Å². The molecule has 2 aromatic rings. The molecule has 0 atom stereocenters. The highest BCUT2D eigenvalue weighted by Crippen LogP contribution is 2.14. The van der Waals surface area contributed by atoms with Crippen LogP contribution in [0.2, 0.25) is 0 Å². The highest BCUT2D eigenvalue weighted by atomic mass is 79.9. The maximum Gasteiger partial charge on any atom is 0.226 e. The van der Waals surface area contributed by atoms with E-state index in [0.29, 0.717) is 18.9 Å². The van der Waals surface area contributed by atoms with Crippen molar-refractivity contribution in [1.29, 1.82) is 0 Å². The molecule has 3 N–H and O–H groups in total. The van der Waals surface area contributed by atoms with E-state index in [1.165, 1.54) is 0 Å². The van der Waals surface area contributed by atoms with E-state index in [1.807, 2.05) is 31.2 Å². The number of hydrogen-bond donors (Lipinski definition) is 3. The van der Waals surface area contributed by atoms with Gasteiger partial charge in [0.05, 0.1) is 10.7 Å². The van der Waals surface area contributed by atoms with Gasteiger partial charge in [-0.15, -0.1) is 11.3 Å². The largest absolute Gasteiger partial charge is 0.356 e. The summed E-state index contributed by atoms with van der Waals surface area (Å²) < 4.78 is 0.981. The van der Waals surface area contributed by atoms with Crippen LogP contribution in [0.3, 0.4) is 0 Å². The van der Waals surface area contributed by atoms with Crippen LogP contribution in [0, 0.1) is 6.92 Å². The first-order valence-electron chi connectivity index (χ1n) is 7.98. The maximum atomic E-state index is 11.9. The second kappa shape index (κ2) is 10.1. The summed E-state index contributed by atoms with van der Waals surface area (Å²) in [5.41, 5.74) is 1.87. The van der Waals surface area contributed by atoms with Crippen LogP contribution in [0.4, 0.5) is 5.69 Å². The molecule has 0 saturated heterocycles. The molecule has 0 aliphatic carbocycles. The molecule has 0 bridgehead atoms. The molecule has 2 rings (SSSR count). The lowest BCUT2D eigenvalue weighted by Gasteiger charge is -2.11.